The van der Waals surface area contributed by atoms with Gasteiger partial charge in [-0.25, -0.2) is 4.39 Å². The van der Waals surface area contributed by atoms with E-state index in [0.29, 0.717) is 19.8 Å². The van der Waals surface area contributed by atoms with Gasteiger partial charge in [0.15, 0.2) is 5.96 Å². The summed E-state index contributed by atoms with van der Waals surface area (Å²) in [5.41, 5.74) is 1.09. The number of hydrogen-bond acceptors (Lipinski definition) is 5. The Balaban J connectivity index is 0.00000341. The third kappa shape index (κ3) is 9.17. The molecule has 2 saturated heterocycles. The third-order valence-corrected chi connectivity index (χ3v) is 5.51. The van der Waals surface area contributed by atoms with E-state index in [0.717, 1.165) is 70.2 Å². The fourth-order valence-corrected chi connectivity index (χ4v) is 3.82. The minimum atomic E-state index is -0.216. The number of halogens is 2. The second-order valence-corrected chi connectivity index (χ2v) is 7.66. The van der Waals surface area contributed by atoms with Gasteiger partial charge >= 0.3 is 0 Å². The summed E-state index contributed by atoms with van der Waals surface area (Å²) in [4.78, 5) is 6.70. The summed E-state index contributed by atoms with van der Waals surface area (Å²) in [5, 5.41) is 6.76. The lowest BCUT2D eigenvalue weighted by molar-refractivity contribution is 0.0165. The molecule has 2 aliphatic rings. The predicted molar refractivity (Wildman–Crippen MR) is 131 cm³/mol. The van der Waals surface area contributed by atoms with E-state index in [1.807, 2.05) is 12.1 Å². The standard InChI is InChI=1S/C22H35FN4O3.HI/c1-24-22(25-9-3-12-29-17-20-4-2-13-30-20)26-16-21(27-10-14-28-15-11-27)18-5-7-19(23)8-6-18;/h5-8,20-21H,2-4,9-17H2,1H3,(H2,24,25,26);1H. The van der Waals surface area contributed by atoms with Crippen LogP contribution in [0.4, 0.5) is 4.39 Å². The van der Waals surface area contributed by atoms with Crippen molar-refractivity contribution in [2.45, 2.75) is 31.4 Å². The van der Waals surface area contributed by atoms with Crippen LogP contribution in [0, 0.1) is 5.82 Å². The van der Waals surface area contributed by atoms with Crippen LogP contribution in [-0.4, -0.2) is 83.2 Å². The van der Waals surface area contributed by atoms with Crippen molar-refractivity contribution in [1.82, 2.24) is 15.5 Å². The van der Waals surface area contributed by atoms with Crippen LogP contribution in [0.3, 0.4) is 0 Å². The average Bonchev–Trinajstić information content (AvgIpc) is 3.30. The summed E-state index contributed by atoms with van der Waals surface area (Å²) >= 11 is 0. The number of morpholine rings is 1. The Kier molecular flexibility index (Phi) is 12.6. The maximum atomic E-state index is 13.4. The number of rotatable bonds is 10. The molecule has 0 aliphatic carbocycles. The Bertz CT molecular complexity index is 638. The van der Waals surface area contributed by atoms with E-state index in [-0.39, 0.29) is 41.9 Å². The van der Waals surface area contributed by atoms with Crippen molar-refractivity contribution in [1.29, 1.82) is 0 Å². The molecular formula is C22H36FIN4O3. The molecule has 31 heavy (non-hydrogen) atoms. The highest BCUT2D eigenvalue weighted by Gasteiger charge is 2.23. The van der Waals surface area contributed by atoms with E-state index < -0.39 is 0 Å². The summed E-state index contributed by atoms with van der Waals surface area (Å²) < 4.78 is 30.1. The molecule has 2 unspecified atom stereocenters. The molecule has 2 atom stereocenters. The number of nitrogens with one attached hydrogen (secondary N) is 2. The number of benzene rings is 1. The van der Waals surface area contributed by atoms with Crippen LogP contribution in [0.25, 0.3) is 0 Å². The van der Waals surface area contributed by atoms with Gasteiger partial charge in [-0.05, 0) is 37.0 Å². The lowest BCUT2D eigenvalue weighted by atomic mass is 10.0. The summed E-state index contributed by atoms with van der Waals surface area (Å²) in [6.07, 6.45) is 3.42. The van der Waals surface area contributed by atoms with E-state index >= 15 is 0 Å². The van der Waals surface area contributed by atoms with Crippen LogP contribution in [0.2, 0.25) is 0 Å². The molecule has 9 heteroatoms. The molecule has 7 nitrogen and oxygen atoms in total. The van der Waals surface area contributed by atoms with Crippen LogP contribution in [-0.2, 0) is 14.2 Å². The third-order valence-electron chi connectivity index (χ3n) is 5.51. The van der Waals surface area contributed by atoms with Crippen molar-refractivity contribution >= 4 is 29.9 Å². The Hall–Kier alpha value is -1.01. The zero-order valence-corrected chi connectivity index (χ0v) is 20.7. The van der Waals surface area contributed by atoms with Crippen LogP contribution in [0.1, 0.15) is 30.9 Å². The van der Waals surface area contributed by atoms with Gasteiger partial charge in [0.25, 0.3) is 0 Å². The van der Waals surface area contributed by atoms with Crippen molar-refractivity contribution in [3.63, 3.8) is 0 Å². The molecule has 2 heterocycles. The van der Waals surface area contributed by atoms with Gasteiger partial charge in [-0.1, -0.05) is 12.1 Å². The number of guanidine groups is 1. The minimum absolute atomic E-state index is 0. The molecule has 0 spiro atoms. The van der Waals surface area contributed by atoms with E-state index in [4.69, 9.17) is 14.2 Å². The Morgan fingerprint density at radius 1 is 1.23 bits per heavy atom. The molecule has 2 N–H and O–H groups in total. The minimum Gasteiger partial charge on any atom is -0.379 e. The van der Waals surface area contributed by atoms with Gasteiger partial charge in [-0.2, -0.15) is 0 Å². The van der Waals surface area contributed by atoms with Gasteiger partial charge in [0.1, 0.15) is 5.82 Å². The topological polar surface area (TPSA) is 67.4 Å². The van der Waals surface area contributed by atoms with Crippen molar-refractivity contribution in [3.8, 4) is 0 Å². The van der Waals surface area contributed by atoms with E-state index in [1.165, 1.54) is 12.1 Å². The Morgan fingerprint density at radius 3 is 2.68 bits per heavy atom. The van der Waals surface area contributed by atoms with Gasteiger partial charge in [-0.3, -0.25) is 9.89 Å². The molecule has 0 bridgehead atoms. The molecule has 3 rings (SSSR count). The predicted octanol–water partition coefficient (Wildman–Crippen LogP) is 2.57. The largest absolute Gasteiger partial charge is 0.379 e. The van der Waals surface area contributed by atoms with Gasteiger partial charge < -0.3 is 24.8 Å². The molecule has 176 valence electrons. The van der Waals surface area contributed by atoms with Gasteiger partial charge in [0.05, 0.1) is 32.0 Å². The van der Waals surface area contributed by atoms with E-state index in [2.05, 4.69) is 20.5 Å². The second-order valence-electron chi connectivity index (χ2n) is 7.66. The highest BCUT2D eigenvalue weighted by atomic mass is 127. The monoisotopic (exact) mass is 550 g/mol. The van der Waals surface area contributed by atoms with Crippen molar-refractivity contribution in [2.24, 2.45) is 4.99 Å². The summed E-state index contributed by atoms with van der Waals surface area (Å²) in [6.45, 7) is 6.87. The Labute approximate surface area is 202 Å². The molecule has 1 aromatic rings. The van der Waals surface area contributed by atoms with Crippen LogP contribution in [0.5, 0.6) is 0 Å². The second kappa shape index (κ2) is 14.9. The molecule has 2 aliphatic heterocycles. The van der Waals surface area contributed by atoms with E-state index in [9.17, 15) is 4.39 Å². The smallest absolute Gasteiger partial charge is 0.191 e. The summed E-state index contributed by atoms with van der Waals surface area (Å²) in [6, 6.07) is 6.89. The summed E-state index contributed by atoms with van der Waals surface area (Å²) in [7, 11) is 1.77. The normalized spacial score (nSPS) is 20.8. The Morgan fingerprint density at radius 2 is 2.00 bits per heavy atom. The first-order valence-corrected chi connectivity index (χ1v) is 11.0. The SMILES string of the molecule is CN=C(NCCCOCC1CCCO1)NCC(c1ccc(F)cc1)N1CCOCC1.I. The number of nitrogens with zero attached hydrogens (tertiary/aromatic N) is 2. The van der Waals surface area contributed by atoms with Gasteiger partial charge in [-0.15, -0.1) is 24.0 Å². The zero-order valence-electron chi connectivity index (χ0n) is 18.4. The molecule has 0 aromatic heterocycles. The van der Waals surface area contributed by atoms with Crippen molar-refractivity contribution in [3.05, 3.63) is 35.6 Å². The average molecular weight is 550 g/mol. The molecule has 0 saturated carbocycles. The molecule has 1 aromatic carbocycles. The van der Waals surface area contributed by atoms with Crippen LogP contribution in [0.15, 0.2) is 29.3 Å². The highest BCUT2D eigenvalue weighted by Crippen LogP contribution is 2.21. The lowest BCUT2D eigenvalue weighted by Gasteiger charge is -2.35. The first-order valence-electron chi connectivity index (χ1n) is 11.0. The molecule has 0 amide bonds. The molecule has 0 radical (unpaired) electrons. The van der Waals surface area contributed by atoms with Gasteiger partial charge in [0, 0.05) is 46.4 Å². The number of ether oxygens (including phenoxy) is 3. The first-order chi connectivity index (χ1) is 14.8. The molecular weight excluding hydrogens is 514 g/mol. The first kappa shape index (κ1) is 26.2. The maximum absolute atomic E-state index is 13.4. The fourth-order valence-electron chi connectivity index (χ4n) is 3.82. The van der Waals surface area contributed by atoms with E-state index in [1.54, 1.807) is 7.05 Å². The maximum Gasteiger partial charge on any atom is 0.191 e. The lowest BCUT2D eigenvalue weighted by Crippen LogP contribution is -2.46. The summed E-state index contributed by atoms with van der Waals surface area (Å²) in [5.74, 6) is 0.543. The van der Waals surface area contributed by atoms with Crippen LogP contribution >= 0.6 is 24.0 Å². The van der Waals surface area contributed by atoms with Crippen molar-refractivity contribution in [2.75, 3.05) is 66.3 Å². The fraction of sp³-hybridized carbons (Fsp3) is 0.682. The van der Waals surface area contributed by atoms with Crippen molar-refractivity contribution < 1.29 is 18.6 Å². The van der Waals surface area contributed by atoms with Crippen LogP contribution < -0.4 is 10.6 Å². The highest BCUT2D eigenvalue weighted by molar-refractivity contribution is 14.0. The zero-order chi connectivity index (χ0) is 21.0. The molecule has 2 fully saturated rings. The quantitative estimate of drug-likeness (QED) is 0.202. The van der Waals surface area contributed by atoms with Gasteiger partial charge in [0.2, 0.25) is 0 Å². The number of hydrogen-bond donors (Lipinski definition) is 2. The number of aliphatic imine (C=N–C) groups is 1.